The van der Waals surface area contributed by atoms with Crippen molar-refractivity contribution in [2.45, 2.75) is 25.7 Å². The minimum Gasteiger partial charge on any atom is -0.399 e. The molecular formula is C14H13N3OS. The summed E-state index contributed by atoms with van der Waals surface area (Å²) >= 11 is 1.53. The lowest BCUT2D eigenvalue weighted by Crippen LogP contribution is -2.23. The van der Waals surface area contributed by atoms with Crippen LogP contribution < -0.4 is 11.3 Å². The van der Waals surface area contributed by atoms with Crippen LogP contribution in [0.4, 0.5) is 5.69 Å². The fourth-order valence-corrected chi connectivity index (χ4v) is 3.89. The number of fused-ring (bicyclic) bond motifs is 4. The molecule has 0 spiro atoms. The zero-order valence-electron chi connectivity index (χ0n) is 10.3. The van der Waals surface area contributed by atoms with Crippen molar-refractivity contribution in [3.05, 3.63) is 39.8 Å². The minimum atomic E-state index is 0.107. The van der Waals surface area contributed by atoms with Gasteiger partial charge in [0.15, 0.2) is 4.96 Å². The Morgan fingerprint density at radius 2 is 2.11 bits per heavy atom. The molecule has 4 rings (SSSR count). The predicted octanol–water partition coefficient (Wildman–Crippen LogP) is 2.37. The summed E-state index contributed by atoms with van der Waals surface area (Å²) in [5.41, 5.74) is 9.45. The number of hydrogen-bond donors (Lipinski definition) is 1. The van der Waals surface area contributed by atoms with Crippen LogP contribution in [0.2, 0.25) is 0 Å². The molecule has 1 aliphatic carbocycles. The van der Waals surface area contributed by atoms with Crippen LogP contribution in [0.3, 0.4) is 0 Å². The number of aryl methyl sites for hydroxylation is 1. The molecule has 19 heavy (non-hydrogen) atoms. The molecule has 96 valence electrons. The fraction of sp³-hybridized carbons (Fsp3) is 0.286. The van der Waals surface area contributed by atoms with Crippen LogP contribution in [-0.4, -0.2) is 9.38 Å². The van der Waals surface area contributed by atoms with E-state index >= 15 is 0 Å². The van der Waals surface area contributed by atoms with Gasteiger partial charge in [-0.25, -0.2) is 4.98 Å². The normalized spacial score (nSPS) is 14.9. The molecule has 0 radical (unpaired) electrons. The molecule has 2 aromatic heterocycles. The van der Waals surface area contributed by atoms with E-state index in [9.17, 15) is 4.79 Å². The van der Waals surface area contributed by atoms with Gasteiger partial charge in [-0.2, -0.15) is 0 Å². The molecule has 0 bridgehead atoms. The first kappa shape index (κ1) is 11.0. The first-order chi connectivity index (χ1) is 9.24. The highest BCUT2D eigenvalue weighted by molar-refractivity contribution is 7.23. The smallest absolute Gasteiger partial charge is 0.262 e. The molecule has 0 unspecified atom stereocenters. The Bertz CT molecular complexity index is 862. The number of nitrogens with two attached hydrogens (primary N) is 1. The quantitative estimate of drug-likeness (QED) is 0.639. The van der Waals surface area contributed by atoms with Crippen molar-refractivity contribution in [2.24, 2.45) is 0 Å². The minimum absolute atomic E-state index is 0.107. The molecule has 3 aromatic rings. The highest BCUT2D eigenvalue weighted by Gasteiger charge is 2.18. The third-order valence-electron chi connectivity index (χ3n) is 3.75. The maximum absolute atomic E-state index is 12.6. The van der Waals surface area contributed by atoms with E-state index in [0.29, 0.717) is 0 Å². The van der Waals surface area contributed by atoms with Crippen LogP contribution in [0.5, 0.6) is 0 Å². The van der Waals surface area contributed by atoms with E-state index in [1.807, 2.05) is 18.2 Å². The Labute approximate surface area is 113 Å². The molecule has 4 nitrogen and oxygen atoms in total. The molecule has 5 heteroatoms. The van der Waals surface area contributed by atoms with Gasteiger partial charge in [-0.1, -0.05) is 11.3 Å². The van der Waals surface area contributed by atoms with Crippen molar-refractivity contribution >= 4 is 32.2 Å². The van der Waals surface area contributed by atoms with Crippen LogP contribution in [0.25, 0.3) is 15.2 Å². The molecule has 0 fully saturated rings. The van der Waals surface area contributed by atoms with E-state index < -0.39 is 0 Å². The van der Waals surface area contributed by atoms with Crippen molar-refractivity contribution in [1.29, 1.82) is 0 Å². The van der Waals surface area contributed by atoms with Gasteiger partial charge in [0.25, 0.3) is 5.56 Å². The van der Waals surface area contributed by atoms with Crippen LogP contribution in [0, 0.1) is 0 Å². The van der Waals surface area contributed by atoms with E-state index in [1.54, 1.807) is 4.40 Å². The Balaban J connectivity index is 2.19. The van der Waals surface area contributed by atoms with Gasteiger partial charge < -0.3 is 5.73 Å². The van der Waals surface area contributed by atoms with Gasteiger partial charge >= 0.3 is 0 Å². The summed E-state index contributed by atoms with van der Waals surface area (Å²) in [7, 11) is 0. The number of thiazole rings is 1. The predicted molar refractivity (Wildman–Crippen MR) is 77.9 cm³/mol. The second kappa shape index (κ2) is 3.81. The lowest BCUT2D eigenvalue weighted by molar-refractivity contribution is 0.659. The molecule has 0 amide bonds. The maximum atomic E-state index is 12.6. The average Bonchev–Trinajstić information content (AvgIpc) is 2.76. The van der Waals surface area contributed by atoms with E-state index in [-0.39, 0.29) is 5.56 Å². The zero-order chi connectivity index (χ0) is 13.0. The molecule has 0 saturated heterocycles. The van der Waals surface area contributed by atoms with Crippen molar-refractivity contribution < 1.29 is 0 Å². The largest absolute Gasteiger partial charge is 0.399 e. The van der Waals surface area contributed by atoms with Crippen LogP contribution in [0.15, 0.2) is 23.0 Å². The average molecular weight is 271 g/mol. The monoisotopic (exact) mass is 271 g/mol. The summed E-state index contributed by atoms with van der Waals surface area (Å²) in [6, 6.07) is 5.65. The number of nitrogen functional groups attached to an aromatic ring is 1. The molecule has 1 aromatic carbocycles. The first-order valence-corrected chi connectivity index (χ1v) is 7.28. The van der Waals surface area contributed by atoms with Gasteiger partial charge in [0.2, 0.25) is 0 Å². The second-order valence-corrected chi connectivity index (χ2v) is 6.01. The lowest BCUT2D eigenvalue weighted by atomic mass is 9.97. The molecule has 1 aliphatic rings. The van der Waals surface area contributed by atoms with E-state index in [4.69, 9.17) is 5.73 Å². The van der Waals surface area contributed by atoms with E-state index in [1.165, 1.54) is 11.3 Å². The summed E-state index contributed by atoms with van der Waals surface area (Å²) in [5, 5.41) is 0. The van der Waals surface area contributed by atoms with Gasteiger partial charge in [0, 0.05) is 11.3 Å². The standard InChI is InChI=1S/C14H13N3OS/c15-8-5-6-11-12(7-8)19-14-16-10-4-2-1-3-9(10)13(18)17(11)14/h5-7H,1-4,15H2. The van der Waals surface area contributed by atoms with Gasteiger partial charge in [0.1, 0.15) is 0 Å². The summed E-state index contributed by atoms with van der Waals surface area (Å²) in [5.74, 6) is 0. The Morgan fingerprint density at radius 1 is 1.26 bits per heavy atom. The summed E-state index contributed by atoms with van der Waals surface area (Å²) < 4.78 is 2.76. The summed E-state index contributed by atoms with van der Waals surface area (Å²) in [6.45, 7) is 0. The molecule has 0 aliphatic heterocycles. The van der Waals surface area contributed by atoms with Crippen molar-refractivity contribution in [1.82, 2.24) is 9.38 Å². The number of anilines is 1. The number of aromatic nitrogens is 2. The highest BCUT2D eigenvalue weighted by Crippen LogP contribution is 2.27. The number of benzene rings is 1. The van der Waals surface area contributed by atoms with Crippen molar-refractivity contribution in [3.8, 4) is 0 Å². The number of rotatable bonds is 0. The summed E-state index contributed by atoms with van der Waals surface area (Å²) in [4.78, 5) is 18.1. The van der Waals surface area contributed by atoms with Crippen LogP contribution >= 0.6 is 11.3 Å². The van der Waals surface area contributed by atoms with Gasteiger partial charge in [-0.3, -0.25) is 9.20 Å². The molecule has 2 N–H and O–H groups in total. The molecule has 0 saturated carbocycles. The number of nitrogens with zero attached hydrogens (tertiary/aromatic N) is 2. The van der Waals surface area contributed by atoms with Gasteiger partial charge in [-0.15, -0.1) is 0 Å². The van der Waals surface area contributed by atoms with Crippen LogP contribution in [0.1, 0.15) is 24.1 Å². The third kappa shape index (κ3) is 1.51. The Kier molecular flexibility index (Phi) is 2.20. The topological polar surface area (TPSA) is 60.4 Å². The second-order valence-electron chi connectivity index (χ2n) is 5.00. The van der Waals surface area contributed by atoms with Crippen molar-refractivity contribution in [3.63, 3.8) is 0 Å². The number of hydrogen-bond acceptors (Lipinski definition) is 4. The Hall–Kier alpha value is -1.88. The zero-order valence-corrected chi connectivity index (χ0v) is 11.2. The fourth-order valence-electron chi connectivity index (χ4n) is 2.81. The van der Waals surface area contributed by atoms with Gasteiger partial charge in [-0.05, 0) is 43.9 Å². The van der Waals surface area contributed by atoms with Crippen LogP contribution in [-0.2, 0) is 12.8 Å². The lowest BCUT2D eigenvalue weighted by Gasteiger charge is -2.13. The van der Waals surface area contributed by atoms with E-state index in [0.717, 1.165) is 57.8 Å². The third-order valence-corrected chi connectivity index (χ3v) is 4.75. The SMILES string of the molecule is Nc1ccc2c(c1)sc1nc3c(c(=O)n12)CCCC3. The molecular weight excluding hydrogens is 258 g/mol. The molecule has 0 atom stereocenters. The molecule has 2 heterocycles. The Morgan fingerprint density at radius 3 is 3.00 bits per heavy atom. The summed E-state index contributed by atoms with van der Waals surface area (Å²) in [6.07, 6.45) is 4.01. The first-order valence-electron chi connectivity index (χ1n) is 6.46. The maximum Gasteiger partial charge on any atom is 0.262 e. The van der Waals surface area contributed by atoms with Crippen molar-refractivity contribution in [2.75, 3.05) is 5.73 Å². The van der Waals surface area contributed by atoms with E-state index in [2.05, 4.69) is 4.98 Å². The highest BCUT2D eigenvalue weighted by atomic mass is 32.1. The van der Waals surface area contributed by atoms with Gasteiger partial charge in [0.05, 0.1) is 15.9 Å².